The van der Waals surface area contributed by atoms with Crippen molar-refractivity contribution < 1.29 is 8.78 Å². The van der Waals surface area contributed by atoms with Crippen LogP contribution >= 0.6 is 23.2 Å². The summed E-state index contributed by atoms with van der Waals surface area (Å²) in [6.07, 6.45) is 1.97. The van der Waals surface area contributed by atoms with Gasteiger partial charge < -0.3 is 5.32 Å². The van der Waals surface area contributed by atoms with Crippen LogP contribution in [-0.4, -0.2) is 12.6 Å². The lowest BCUT2D eigenvalue weighted by Gasteiger charge is -2.17. The minimum absolute atomic E-state index is 0.102. The van der Waals surface area contributed by atoms with Crippen molar-refractivity contribution in [2.24, 2.45) is 0 Å². The van der Waals surface area contributed by atoms with Crippen LogP contribution in [0.25, 0.3) is 0 Å². The molecule has 0 amide bonds. The molecule has 0 heterocycles. The van der Waals surface area contributed by atoms with Crippen LogP contribution in [0.15, 0.2) is 18.2 Å². The quantitative estimate of drug-likeness (QED) is 0.873. The molecular formula is C11H11Cl2F2N. The largest absolute Gasteiger partial charge is 0.308 e. The molecule has 1 N–H and O–H groups in total. The topological polar surface area (TPSA) is 12.0 Å². The number of alkyl halides is 2. The van der Waals surface area contributed by atoms with Crippen LogP contribution in [0.1, 0.15) is 18.4 Å². The molecule has 1 nitrogen and oxygen atoms in total. The van der Waals surface area contributed by atoms with Gasteiger partial charge in [0, 0.05) is 11.6 Å². The third-order valence-corrected chi connectivity index (χ3v) is 3.27. The lowest BCUT2D eigenvalue weighted by Crippen LogP contribution is -2.32. The second kappa shape index (κ2) is 4.47. The molecule has 1 aromatic rings. The van der Waals surface area contributed by atoms with Crippen LogP contribution < -0.4 is 5.32 Å². The number of benzene rings is 1. The fourth-order valence-corrected chi connectivity index (χ4v) is 1.68. The summed E-state index contributed by atoms with van der Waals surface area (Å²) in [5.74, 6) is -2.91. The summed E-state index contributed by atoms with van der Waals surface area (Å²) in [5, 5.41) is 3.25. The van der Waals surface area contributed by atoms with Gasteiger partial charge in [0.15, 0.2) is 0 Å². The van der Waals surface area contributed by atoms with Gasteiger partial charge in [-0.05, 0) is 25.0 Å². The minimum atomic E-state index is -2.91. The lowest BCUT2D eigenvalue weighted by molar-refractivity contribution is -0.00348. The zero-order valence-electron chi connectivity index (χ0n) is 8.44. The van der Waals surface area contributed by atoms with E-state index in [1.807, 2.05) is 0 Å². The third kappa shape index (κ3) is 2.84. The van der Waals surface area contributed by atoms with E-state index in [1.165, 1.54) is 18.2 Å². The zero-order valence-corrected chi connectivity index (χ0v) is 9.95. The molecule has 1 aliphatic rings. The van der Waals surface area contributed by atoms with Gasteiger partial charge in [0.05, 0.1) is 16.6 Å². The second-order valence-electron chi connectivity index (χ2n) is 3.99. The maximum Gasteiger partial charge on any atom is 0.285 e. The number of rotatable bonds is 4. The van der Waals surface area contributed by atoms with Crippen LogP contribution in [0.5, 0.6) is 0 Å². The van der Waals surface area contributed by atoms with Crippen molar-refractivity contribution >= 4 is 23.2 Å². The summed E-state index contributed by atoms with van der Waals surface area (Å²) in [6, 6.07) is 4.18. The normalized spacial score (nSPS) is 16.5. The molecule has 1 aliphatic carbocycles. The predicted octanol–water partition coefficient (Wildman–Crippen LogP) is 3.84. The maximum atomic E-state index is 13.7. The van der Waals surface area contributed by atoms with Crippen molar-refractivity contribution in [1.29, 1.82) is 0 Å². The van der Waals surface area contributed by atoms with E-state index in [0.29, 0.717) is 0 Å². The van der Waals surface area contributed by atoms with E-state index in [0.717, 1.165) is 12.8 Å². The molecule has 0 aliphatic heterocycles. The van der Waals surface area contributed by atoms with E-state index in [9.17, 15) is 8.78 Å². The molecule has 0 aromatic heterocycles. The Kier molecular flexibility index (Phi) is 3.38. The van der Waals surface area contributed by atoms with E-state index >= 15 is 0 Å². The highest BCUT2D eigenvalue weighted by molar-refractivity contribution is 6.42. The molecule has 2 rings (SSSR count). The summed E-state index contributed by atoms with van der Waals surface area (Å²) >= 11 is 11.4. The molecule has 0 radical (unpaired) electrons. The van der Waals surface area contributed by atoms with Gasteiger partial charge in [0.1, 0.15) is 0 Å². The molecule has 16 heavy (non-hydrogen) atoms. The van der Waals surface area contributed by atoms with Gasteiger partial charge in [0.2, 0.25) is 0 Å². The Morgan fingerprint density at radius 1 is 1.25 bits per heavy atom. The number of hydrogen-bond donors (Lipinski definition) is 1. The van der Waals surface area contributed by atoms with E-state index < -0.39 is 5.92 Å². The van der Waals surface area contributed by atoms with Gasteiger partial charge in [-0.2, -0.15) is 8.78 Å². The van der Waals surface area contributed by atoms with Crippen molar-refractivity contribution in [1.82, 2.24) is 5.32 Å². The van der Waals surface area contributed by atoms with E-state index in [4.69, 9.17) is 23.2 Å². The zero-order chi connectivity index (χ0) is 11.8. The summed E-state index contributed by atoms with van der Waals surface area (Å²) < 4.78 is 27.4. The SMILES string of the molecule is FC(F)(CNC1CC1)c1ccc(Cl)c(Cl)c1. The highest BCUT2D eigenvalue weighted by Gasteiger charge is 2.34. The van der Waals surface area contributed by atoms with Crippen molar-refractivity contribution in [2.45, 2.75) is 24.8 Å². The van der Waals surface area contributed by atoms with Crippen LogP contribution in [0.4, 0.5) is 8.78 Å². The summed E-state index contributed by atoms with van der Waals surface area (Å²) in [4.78, 5) is 0. The van der Waals surface area contributed by atoms with Crippen LogP contribution in [0.3, 0.4) is 0 Å². The average molecular weight is 266 g/mol. The maximum absolute atomic E-state index is 13.7. The number of nitrogens with one attached hydrogen (secondary N) is 1. The Hall–Kier alpha value is -0.380. The van der Waals surface area contributed by atoms with Gasteiger partial charge in [0.25, 0.3) is 5.92 Å². The Morgan fingerprint density at radius 2 is 1.94 bits per heavy atom. The first-order valence-electron chi connectivity index (χ1n) is 5.06. The molecule has 1 fully saturated rings. The van der Waals surface area contributed by atoms with Crippen molar-refractivity contribution in [3.63, 3.8) is 0 Å². The highest BCUT2D eigenvalue weighted by Crippen LogP contribution is 2.33. The lowest BCUT2D eigenvalue weighted by atomic mass is 10.1. The van der Waals surface area contributed by atoms with E-state index in [-0.39, 0.29) is 28.2 Å². The molecule has 0 saturated heterocycles. The van der Waals surface area contributed by atoms with Crippen molar-refractivity contribution in [3.8, 4) is 0 Å². The molecule has 0 atom stereocenters. The third-order valence-electron chi connectivity index (χ3n) is 2.53. The smallest absolute Gasteiger partial charge is 0.285 e. The molecular weight excluding hydrogens is 255 g/mol. The Bertz CT molecular complexity index is 392. The molecule has 0 unspecified atom stereocenters. The molecule has 88 valence electrons. The van der Waals surface area contributed by atoms with E-state index in [1.54, 1.807) is 0 Å². The Labute approximate surface area is 103 Å². The molecule has 0 spiro atoms. The monoisotopic (exact) mass is 265 g/mol. The molecule has 0 bridgehead atoms. The average Bonchev–Trinajstić information content (AvgIpc) is 3.03. The van der Waals surface area contributed by atoms with E-state index in [2.05, 4.69) is 5.32 Å². The summed E-state index contributed by atoms with van der Waals surface area (Å²) in [6.45, 7) is -0.352. The van der Waals surface area contributed by atoms with Crippen molar-refractivity contribution in [2.75, 3.05) is 6.54 Å². The van der Waals surface area contributed by atoms with Gasteiger partial charge in [-0.15, -0.1) is 0 Å². The molecule has 1 saturated carbocycles. The summed E-state index contributed by atoms with van der Waals surface area (Å²) in [7, 11) is 0. The van der Waals surface area contributed by atoms with Crippen LogP contribution in [0, 0.1) is 0 Å². The van der Waals surface area contributed by atoms with Crippen LogP contribution in [0.2, 0.25) is 10.0 Å². The molecule has 5 heteroatoms. The van der Waals surface area contributed by atoms with Gasteiger partial charge in [-0.1, -0.05) is 29.3 Å². The Morgan fingerprint density at radius 3 is 2.50 bits per heavy atom. The number of hydrogen-bond acceptors (Lipinski definition) is 1. The van der Waals surface area contributed by atoms with Gasteiger partial charge >= 0.3 is 0 Å². The molecule has 1 aromatic carbocycles. The second-order valence-corrected chi connectivity index (χ2v) is 4.80. The van der Waals surface area contributed by atoms with Crippen LogP contribution in [-0.2, 0) is 5.92 Å². The van der Waals surface area contributed by atoms with Gasteiger partial charge in [-0.25, -0.2) is 0 Å². The predicted molar refractivity (Wildman–Crippen MR) is 61.4 cm³/mol. The first kappa shape index (κ1) is 12.1. The standard InChI is InChI=1S/C11H11Cl2F2N/c12-9-4-1-7(5-10(9)13)11(14,15)6-16-8-2-3-8/h1,4-5,8,16H,2-3,6H2. The highest BCUT2D eigenvalue weighted by atomic mass is 35.5. The first-order valence-corrected chi connectivity index (χ1v) is 5.81. The van der Waals surface area contributed by atoms with Crippen molar-refractivity contribution in [3.05, 3.63) is 33.8 Å². The Balaban J connectivity index is 2.09. The fourth-order valence-electron chi connectivity index (χ4n) is 1.39. The van der Waals surface area contributed by atoms with Gasteiger partial charge in [-0.3, -0.25) is 0 Å². The fraction of sp³-hybridized carbons (Fsp3) is 0.455. The first-order chi connectivity index (χ1) is 7.49. The summed E-state index contributed by atoms with van der Waals surface area (Å²) in [5.41, 5.74) is -0.102. The number of halogens is 4. The minimum Gasteiger partial charge on any atom is -0.308 e.